The lowest BCUT2D eigenvalue weighted by Crippen LogP contribution is -2.44. The lowest BCUT2D eigenvalue weighted by Gasteiger charge is -2.49. The van der Waals surface area contributed by atoms with Crippen LogP contribution in [0.3, 0.4) is 0 Å². The molecule has 0 aromatic heterocycles. The summed E-state index contributed by atoms with van der Waals surface area (Å²) in [5.41, 5.74) is 4.23. The number of aromatic hydroxyl groups is 1. The zero-order valence-corrected chi connectivity index (χ0v) is 16.0. The minimum absolute atomic E-state index is 0.0344. The molecule has 2 heteroatoms. The lowest BCUT2D eigenvalue weighted by atomic mass is 9.55. The molecule has 25 heavy (non-hydrogen) atoms. The number of benzene rings is 1. The summed E-state index contributed by atoms with van der Waals surface area (Å²) < 4.78 is 0. The van der Waals surface area contributed by atoms with E-state index in [1.54, 1.807) is 0 Å². The molecule has 0 heterocycles. The molecule has 2 nitrogen and oxygen atoms in total. The number of aliphatic hydroxyl groups excluding tert-OH is 1. The summed E-state index contributed by atoms with van der Waals surface area (Å²) in [6, 6.07) is 5.97. The lowest BCUT2D eigenvalue weighted by molar-refractivity contribution is -0.0161. The van der Waals surface area contributed by atoms with Crippen LogP contribution in [0.25, 0.3) is 0 Å². The average Bonchev–Trinajstić information content (AvgIpc) is 2.77. The third-order valence-electron chi connectivity index (χ3n) is 7.20. The molecule has 0 saturated heterocycles. The zero-order valence-electron chi connectivity index (χ0n) is 16.0. The molecule has 2 fully saturated rings. The SMILES string of the molecule is CC(C)(C)/C=C1\C[C@H]2[C@@H]3CCc4cc(O)ccc4[C@H]3CC[C@]2(C)[C@H]1O. The number of aryl methyl sites for hydroxylation is 1. The molecule has 0 bridgehead atoms. The molecule has 3 aliphatic rings. The van der Waals surface area contributed by atoms with Crippen LogP contribution in [0.1, 0.15) is 70.4 Å². The number of hydrogen-bond donors (Lipinski definition) is 2. The van der Waals surface area contributed by atoms with Gasteiger partial charge in [0.1, 0.15) is 5.75 Å². The first-order valence-electron chi connectivity index (χ1n) is 9.90. The Kier molecular flexibility index (Phi) is 3.85. The fourth-order valence-electron chi connectivity index (χ4n) is 6.12. The van der Waals surface area contributed by atoms with E-state index in [2.05, 4.69) is 39.8 Å². The molecule has 0 spiro atoms. The van der Waals surface area contributed by atoms with E-state index in [9.17, 15) is 10.2 Å². The molecule has 0 amide bonds. The van der Waals surface area contributed by atoms with Gasteiger partial charge in [-0.2, -0.15) is 0 Å². The first-order valence-corrected chi connectivity index (χ1v) is 9.90. The largest absolute Gasteiger partial charge is 0.508 e. The molecule has 2 saturated carbocycles. The topological polar surface area (TPSA) is 40.5 Å². The second-order valence-electron chi connectivity index (χ2n) is 10.0. The van der Waals surface area contributed by atoms with E-state index in [0.717, 1.165) is 25.7 Å². The predicted octanol–water partition coefficient (Wildman–Crippen LogP) is 5.19. The van der Waals surface area contributed by atoms with Crippen molar-refractivity contribution < 1.29 is 10.2 Å². The first-order chi connectivity index (χ1) is 11.7. The number of aliphatic hydroxyl groups is 1. The van der Waals surface area contributed by atoms with Crippen LogP contribution in [0.15, 0.2) is 29.8 Å². The molecule has 5 atom stereocenters. The van der Waals surface area contributed by atoms with Gasteiger partial charge < -0.3 is 10.2 Å². The van der Waals surface area contributed by atoms with Crippen LogP contribution in [0.2, 0.25) is 0 Å². The van der Waals surface area contributed by atoms with E-state index >= 15 is 0 Å². The number of fused-ring (bicyclic) bond motifs is 5. The van der Waals surface area contributed by atoms with Crippen LogP contribution >= 0.6 is 0 Å². The van der Waals surface area contributed by atoms with Crippen LogP contribution < -0.4 is 0 Å². The maximum atomic E-state index is 11.1. The van der Waals surface area contributed by atoms with E-state index in [4.69, 9.17) is 0 Å². The fraction of sp³-hybridized carbons (Fsp3) is 0.652. The Labute approximate surface area is 152 Å². The van der Waals surface area contributed by atoms with Crippen molar-refractivity contribution in [2.45, 2.75) is 71.8 Å². The van der Waals surface area contributed by atoms with Gasteiger partial charge in [0.15, 0.2) is 0 Å². The van der Waals surface area contributed by atoms with Crippen LogP contribution in [-0.4, -0.2) is 16.3 Å². The normalized spacial score (nSPS) is 39.0. The van der Waals surface area contributed by atoms with Crippen LogP contribution in [0.4, 0.5) is 0 Å². The second kappa shape index (κ2) is 5.61. The van der Waals surface area contributed by atoms with Gasteiger partial charge in [-0.1, -0.05) is 39.8 Å². The summed E-state index contributed by atoms with van der Waals surface area (Å²) in [5, 5.41) is 20.9. The van der Waals surface area contributed by atoms with Crippen molar-refractivity contribution in [1.29, 1.82) is 0 Å². The Morgan fingerprint density at radius 3 is 2.68 bits per heavy atom. The van der Waals surface area contributed by atoms with Gasteiger partial charge >= 0.3 is 0 Å². The average molecular weight is 341 g/mol. The Bertz CT molecular complexity index is 711. The third kappa shape index (κ3) is 2.73. The molecule has 0 radical (unpaired) electrons. The highest BCUT2D eigenvalue weighted by Crippen LogP contribution is 2.62. The number of hydrogen-bond acceptors (Lipinski definition) is 2. The minimum Gasteiger partial charge on any atom is -0.508 e. The van der Waals surface area contributed by atoms with Crippen LogP contribution in [0, 0.1) is 22.7 Å². The van der Waals surface area contributed by atoms with Gasteiger partial charge in [-0.05, 0) is 84.1 Å². The molecule has 0 unspecified atom stereocenters. The Morgan fingerprint density at radius 2 is 1.96 bits per heavy atom. The monoisotopic (exact) mass is 340 g/mol. The van der Waals surface area contributed by atoms with E-state index < -0.39 is 0 Å². The highest BCUT2D eigenvalue weighted by atomic mass is 16.3. The van der Waals surface area contributed by atoms with Crippen LogP contribution in [-0.2, 0) is 6.42 Å². The minimum atomic E-state index is -0.279. The number of phenols is 1. The molecule has 4 rings (SSSR count). The quantitative estimate of drug-likeness (QED) is 0.638. The highest BCUT2D eigenvalue weighted by molar-refractivity contribution is 5.41. The van der Waals surface area contributed by atoms with Crippen molar-refractivity contribution in [2.24, 2.45) is 22.7 Å². The van der Waals surface area contributed by atoms with E-state index in [0.29, 0.717) is 23.5 Å². The Morgan fingerprint density at radius 1 is 1.20 bits per heavy atom. The highest BCUT2D eigenvalue weighted by Gasteiger charge is 2.56. The number of allylic oxidation sites excluding steroid dienone is 1. The smallest absolute Gasteiger partial charge is 0.115 e. The van der Waals surface area contributed by atoms with Gasteiger partial charge in [0.05, 0.1) is 6.10 Å². The third-order valence-corrected chi connectivity index (χ3v) is 7.20. The molecule has 3 aliphatic carbocycles. The Hall–Kier alpha value is -1.28. The van der Waals surface area contributed by atoms with E-state index in [-0.39, 0.29) is 16.9 Å². The zero-order chi connectivity index (χ0) is 18.0. The van der Waals surface area contributed by atoms with Crippen molar-refractivity contribution in [1.82, 2.24) is 0 Å². The number of rotatable bonds is 0. The van der Waals surface area contributed by atoms with Crippen molar-refractivity contribution in [2.75, 3.05) is 0 Å². The molecular formula is C23H32O2. The molecular weight excluding hydrogens is 308 g/mol. The summed E-state index contributed by atoms with van der Waals surface area (Å²) in [6.07, 6.45) is 7.62. The summed E-state index contributed by atoms with van der Waals surface area (Å²) >= 11 is 0. The first kappa shape index (κ1) is 17.1. The van der Waals surface area contributed by atoms with Gasteiger partial charge in [0.2, 0.25) is 0 Å². The van der Waals surface area contributed by atoms with Gasteiger partial charge in [-0.25, -0.2) is 0 Å². The summed E-state index contributed by atoms with van der Waals surface area (Å²) in [4.78, 5) is 0. The molecule has 1 aromatic carbocycles. The second-order valence-corrected chi connectivity index (χ2v) is 10.0. The van der Waals surface area contributed by atoms with Gasteiger partial charge in [0.25, 0.3) is 0 Å². The maximum Gasteiger partial charge on any atom is 0.115 e. The Balaban J connectivity index is 1.69. The standard InChI is InChI=1S/C23H32O2/c1-22(2,3)13-15-12-20-19-7-5-14-11-16(24)6-8-17(14)18(19)9-10-23(20,4)21(15)25/h6,8,11,13,18-21,24-25H,5,7,9-10,12H2,1-4H3/b15-13+/t18-,19-,20+,21+,23+/m1/s1. The predicted molar refractivity (Wildman–Crippen MR) is 102 cm³/mol. The van der Waals surface area contributed by atoms with Crippen molar-refractivity contribution in [3.05, 3.63) is 41.0 Å². The van der Waals surface area contributed by atoms with Crippen molar-refractivity contribution >= 4 is 0 Å². The fourth-order valence-corrected chi connectivity index (χ4v) is 6.12. The molecule has 136 valence electrons. The number of phenolic OH excluding ortho intramolecular Hbond substituents is 1. The maximum absolute atomic E-state index is 11.1. The van der Waals surface area contributed by atoms with Gasteiger partial charge in [0, 0.05) is 5.41 Å². The van der Waals surface area contributed by atoms with Crippen molar-refractivity contribution in [3.8, 4) is 5.75 Å². The van der Waals surface area contributed by atoms with Crippen molar-refractivity contribution in [3.63, 3.8) is 0 Å². The molecule has 0 aliphatic heterocycles. The van der Waals surface area contributed by atoms with E-state index in [1.165, 1.54) is 23.1 Å². The van der Waals surface area contributed by atoms with E-state index in [1.807, 2.05) is 12.1 Å². The molecule has 1 aromatic rings. The summed E-state index contributed by atoms with van der Waals surface area (Å²) in [5.74, 6) is 2.24. The van der Waals surface area contributed by atoms with Crippen LogP contribution in [0.5, 0.6) is 5.75 Å². The summed E-state index contributed by atoms with van der Waals surface area (Å²) in [6.45, 7) is 9.00. The van der Waals surface area contributed by atoms with Gasteiger partial charge in [-0.3, -0.25) is 0 Å². The summed E-state index contributed by atoms with van der Waals surface area (Å²) in [7, 11) is 0. The van der Waals surface area contributed by atoms with Gasteiger partial charge in [-0.15, -0.1) is 0 Å². The molecule has 2 N–H and O–H groups in total.